The summed E-state index contributed by atoms with van der Waals surface area (Å²) >= 11 is 1.62. The Kier molecular flexibility index (Phi) is 7.35. The number of aliphatic hydroxyl groups is 1. The van der Waals surface area contributed by atoms with Gasteiger partial charge in [-0.15, -0.1) is 11.3 Å². The Morgan fingerprint density at radius 2 is 2.41 bits per heavy atom. The summed E-state index contributed by atoms with van der Waals surface area (Å²) in [7, 11) is 0. The van der Waals surface area contributed by atoms with Crippen molar-refractivity contribution in [2.45, 2.75) is 38.8 Å². The monoisotopic (exact) mass is 258 g/mol. The highest BCUT2D eigenvalue weighted by Gasteiger charge is 2.10. The summed E-state index contributed by atoms with van der Waals surface area (Å²) in [5, 5.41) is 15.9. The Morgan fingerprint density at radius 1 is 1.59 bits per heavy atom. The Labute approximate surface area is 107 Å². The van der Waals surface area contributed by atoms with Gasteiger partial charge < -0.3 is 15.2 Å². The lowest BCUT2D eigenvalue weighted by Gasteiger charge is -2.15. The first-order chi connectivity index (χ1) is 8.24. The van der Waals surface area contributed by atoms with Gasteiger partial charge in [0, 0.05) is 24.7 Å². The topological polar surface area (TPSA) is 54.4 Å². The second-order valence-electron chi connectivity index (χ2n) is 4.08. The average Bonchev–Trinajstić information content (AvgIpc) is 2.85. The average molecular weight is 258 g/mol. The predicted octanol–water partition coefficient (Wildman–Crippen LogP) is 1.97. The van der Waals surface area contributed by atoms with Gasteiger partial charge in [-0.1, -0.05) is 13.3 Å². The molecule has 0 saturated heterocycles. The molecule has 2 atom stereocenters. The first-order valence-electron chi connectivity index (χ1n) is 6.12. The van der Waals surface area contributed by atoms with Crippen molar-refractivity contribution < 1.29 is 9.84 Å². The van der Waals surface area contributed by atoms with Gasteiger partial charge >= 0.3 is 0 Å². The van der Waals surface area contributed by atoms with Crippen LogP contribution in [0.25, 0.3) is 0 Å². The highest BCUT2D eigenvalue weighted by molar-refractivity contribution is 7.09. The molecule has 0 amide bonds. The number of nitrogens with zero attached hydrogens (tertiary/aromatic N) is 1. The maximum absolute atomic E-state index is 9.69. The molecular formula is C12H22N2O2S. The quantitative estimate of drug-likeness (QED) is 0.665. The molecule has 1 rings (SSSR count). The molecule has 0 aromatic carbocycles. The zero-order valence-electron chi connectivity index (χ0n) is 10.6. The van der Waals surface area contributed by atoms with Gasteiger partial charge in [-0.05, 0) is 13.3 Å². The van der Waals surface area contributed by atoms with E-state index >= 15 is 0 Å². The number of rotatable bonds is 9. The summed E-state index contributed by atoms with van der Waals surface area (Å²) in [5.41, 5.74) is 0. The van der Waals surface area contributed by atoms with Crippen LogP contribution in [0.3, 0.4) is 0 Å². The van der Waals surface area contributed by atoms with Crippen molar-refractivity contribution in [3.63, 3.8) is 0 Å². The van der Waals surface area contributed by atoms with E-state index in [-0.39, 0.29) is 6.04 Å². The van der Waals surface area contributed by atoms with Crippen molar-refractivity contribution in [1.82, 2.24) is 10.3 Å². The SMILES string of the molecule is CCCCOCC(O)CNC(C)c1nccs1. The predicted molar refractivity (Wildman–Crippen MR) is 70.3 cm³/mol. The Morgan fingerprint density at radius 3 is 3.06 bits per heavy atom. The number of ether oxygens (including phenoxy) is 1. The smallest absolute Gasteiger partial charge is 0.109 e. The normalized spacial score (nSPS) is 14.8. The van der Waals surface area contributed by atoms with Crippen molar-refractivity contribution in [3.05, 3.63) is 16.6 Å². The number of aromatic nitrogens is 1. The van der Waals surface area contributed by atoms with E-state index in [0.29, 0.717) is 13.2 Å². The minimum atomic E-state index is -0.450. The molecule has 0 aliphatic carbocycles. The van der Waals surface area contributed by atoms with E-state index in [2.05, 4.69) is 17.2 Å². The fourth-order valence-electron chi connectivity index (χ4n) is 1.37. The summed E-state index contributed by atoms with van der Waals surface area (Å²) in [5.74, 6) is 0. The molecule has 0 aliphatic rings. The van der Waals surface area contributed by atoms with E-state index in [1.54, 1.807) is 17.5 Å². The van der Waals surface area contributed by atoms with Crippen molar-refractivity contribution in [2.75, 3.05) is 19.8 Å². The van der Waals surface area contributed by atoms with Crippen LogP contribution in [0.15, 0.2) is 11.6 Å². The van der Waals surface area contributed by atoms with Gasteiger partial charge in [0.2, 0.25) is 0 Å². The zero-order chi connectivity index (χ0) is 12.5. The first-order valence-corrected chi connectivity index (χ1v) is 7.00. The largest absolute Gasteiger partial charge is 0.389 e. The molecule has 17 heavy (non-hydrogen) atoms. The van der Waals surface area contributed by atoms with E-state index in [1.165, 1.54) is 0 Å². The fraction of sp³-hybridized carbons (Fsp3) is 0.750. The molecule has 5 heteroatoms. The van der Waals surface area contributed by atoms with Crippen LogP contribution >= 0.6 is 11.3 Å². The maximum Gasteiger partial charge on any atom is 0.109 e. The Bertz CT molecular complexity index is 280. The van der Waals surface area contributed by atoms with Crippen LogP contribution in [0.2, 0.25) is 0 Å². The molecule has 0 fully saturated rings. The summed E-state index contributed by atoms with van der Waals surface area (Å²) in [6.07, 6.45) is 3.52. The minimum Gasteiger partial charge on any atom is -0.389 e. The van der Waals surface area contributed by atoms with Gasteiger partial charge in [-0.2, -0.15) is 0 Å². The van der Waals surface area contributed by atoms with Crippen molar-refractivity contribution in [2.24, 2.45) is 0 Å². The molecular weight excluding hydrogens is 236 g/mol. The van der Waals surface area contributed by atoms with Crippen LogP contribution in [0.1, 0.15) is 37.7 Å². The summed E-state index contributed by atoms with van der Waals surface area (Å²) in [4.78, 5) is 4.22. The number of unbranched alkanes of at least 4 members (excludes halogenated alkanes) is 1. The lowest BCUT2D eigenvalue weighted by molar-refractivity contribution is 0.0348. The van der Waals surface area contributed by atoms with Crippen molar-refractivity contribution in [3.8, 4) is 0 Å². The number of aliphatic hydroxyl groups excluding tert-OH is 1. The van der Waals surface area contributed by atoms with E-state index in [0.717, 1.165) is 24.5 Å². The van der Waals surface area contributed by atoms with Gasteiger partial charge in [-0.3, -0.25) is 0 Å². The third-order valence-corrected chi connectivity index (χ3v) is 3.39. The van der Waals surface area contributed by atoms with Crippen LogP contribution in [-0.4, -0.2) is 36.0 Å². The minimum absolute atomic E-state index is 0.181. The fourth-order valence-corrected chi connectivity index (χ4v) is 2.04. The molecule has 2 unspecified atom stereocenters. The molecule has 4 nitrogen and oxygen atoms in total. The molecule has 0 saturated carbocycles. The second kappa shape index (κ2) is 8.58. The molecule has 1 heterocycles. The van der Waals surface area contributed by atoms with Gasteiger partial charge in [0.1, 0.15) is 5.01 Å². The standard InChI is InChI=1S/C12H22N2O2S/c1-3-4-6-16-9-11(15)8-14-10(2)12-13-5-7-17-12/h5,7,10-11,14-15H,3-4,6,8-9H2,1-2H3. The van der Waals surface area contributed by atoms with Crippen molar-refractivity contribution >= 4 is 11.3 Å². The molecule has 0 radical (unpaired) electrons. The van der Waals surface area contributed by atoms with E-state index in [9.17, 15) is 5.11 Å². The number of hydrogen-bond donors (Lipinski definition) is 2. The zero-order valence-corrected chi connectivity index (χ0v) is 11.4. The molecule has 1 aromatic heterocycles. The van der Waals surface area contributed by atoms with Gasteiger partial charge in [0.25, 0.3) is 0 Å². The third kappa shape index (κ3) is 6.12. The van der Waals surface area contributed by atoms with Crippen LogP contribution in [0.5, 0.6) is 0 Å². The second-order valence-corrected chi connectivity index (χ2v) is 5.01. The Hall–Kier alpha value is -0.490. The number of nitrogens with one attached hydrogen (secondary N) is 1. The molecule has 98 valence electrons. The van der Waals surface area contributed by atoms with E-state index in [1.807, 2.05) is 12.3 Å². The molecule has 2 N–H and O–H groups in total. The maximum atomic E-state index is 9.69. The van der Waals surface area contributed by atoms with Crippen LogP contribution in [0, 0.1) is 0 Å². The van der Waals surface area contributed by atoms with Crippen LogP contribution in [-0.2, 0) is 4.74 Å². The number of thiazole rings is 1. The van der Waals surface area contributed by atoms with Gasteiger partial charge in [0.15, 0.2) is 0 Å². The molecule has 0 aliphatic heterocycles. The Balaban J connectivity index is 2.09. The van der Waals surface area contributed by atoms with Gasteiger partial charge in [0.05, 0.1) is 18.8 Å². The van der Waals surface area contributed by atoms with Crippen LogP contribution in [0.4, 0.5) is 0 Å². The first kappa shape index (κ1) is 14.6. The summed E-state index contributed by atoms with van der Waals surface area (Å²) in [6, 6.07) is 0.181. The van der Waals surface area contributed by atoms with Crippen LogP contribution < -0.4 is 5.32 Å². The van der Waals surface area contributed by atoms with E-state index in [4.69, 9.17) is 4.74 Å². The molecule has 1 aromatic rings. The van der Waals surface area contributed by atoms with E-state index < -0.39 is 6.10 Å². The molecule has 0 bridgehead atoms. The third-order valence-electron chi connectivity index (χ3n) is 2.43. The lowest BCUT2D eigenvalue weighted by atomic mass is 10.3. The highest BCUT2D eigenvalue weighted by atomic mass is 32.1. The summed E-state index contributed by atoms with van der Waals surface area (Å²) in [6.45, 7) is 5.83. The number of hydrogen-bond acceptors (Lipinski definition) is 5. The van der Waals surface area contributed by atoms with Crippen molar-refractivity contribution in [1.29, 1.82) is 0 Å². The lowest BCUT2D eigenvalue weighted by Crippen LogP contribution is -2.32. The highest BCUT2D eigenvalue weighted by Crippen LogP contribution is 2.14. The summed E-state index contributed by atoms with van der Waals surface area (Å²) < 4.78 is 5.36. The molecule has 0 spiro atoms. The van der Waals surface area contributed by atoms with Gasteiger partial charge in [-0.25, -0.2) is 4.98 Å².